The summed E-state index contributed by atoms with van der Waals surface area (Å²) in [5.41, 5.74) is 11.4. The lowest BCUT2D eigenvalue weighted by molar-refractivity contribution is 0.0765. The maximum atomic E-state index is 11.1. The number of carbonyl (C=O) groups excluding carboxylic acids is 1. The van der Waals surface area contributed by atoms with Gasteiger partial charge in [-0.25, -0.2) is 4.98 Å². The molecule has 0 bridgehead atoms. The number of pyridine rings is 1. The van der Waals surface area contributed by atoms with Gasteiger partial charge in [-0.2, -0.15) is 0 Å². The highest BCUT2D eigenvalue weighted by atomic mass is 16.5. The average molecular weight is 266 g/mol. The number of nitrogen functional groups attached to an aromatic ring is 1. The van der Waals surface area contributed by atoms with Gasteiger partial charge >= 0.3 is 0 Å². The molecule has 1 rings (SSSR count). The number of unbranched alkanes of at least 4 members (excludes halogenated alkanes) is 1. The van der Waals surface area contributed by atoms with Gasteiger partial charge in [0.05, 0.1) is 23.6 Å². The van der Waals surface area contributed by atoms with Gasteiger partial charge in [-0.1, -0.05) is 0 Å². The minimum absolute atomic E-state index is 0.268. The molecule has 1 aromatic rings. The number of ether oxygens (including phenoxy) is 1. The first-order valence-electron chi connectivity index (χ1n) is 6.41. The number of nitrogens with one attached hydrogen (secondary N) is 1. The number of nitrogens with two attached hydrogens (primary N) is 2. The first-order valence-corrected chi connectivity index (χ1v) is 6.41. The van der Waals surface area contributed by atoms with Crippen molar-refractivity contribution >= 4 is 17.4 Å². The normalized spacial score (nSPS) is 10.7. The summed E-state index contributed by atoms with van der Waals surface area (Å²) in [6, 6.07) is 1.57. The van der Waals surface area contributed by atoms with E-state index in [9.17, 15) is 4.79 Å². The fourth-order valence-electron chi connectivity index (χ4n) is 1.54. The topological polar surface area (TPSA) is 103 Å². The number of hydrogen-bond acceptors (Lipinski definition) is 5. The van der Waals surface area contributed by atoms with Crippen molar-refractivity contribution in [2.24, 2.45) is 5.73 Å². The van der Waals surface area contributed by atoms with E-state index in [0.29, 0.717) is 17.1 Å². The van der Waals surface area contributed by atoms with Crippen molar-refractivity contribution in [3.63, 3.8) is 0 Å². The van der Waals surface area contributed by atoms with Crippen LogP contribution in [0.1, 0.15) is 37.0 Å². The third-order valence-corrected chi connectivity index (χ3v) is 2.53. The fourth-order valence-corrected chi connectivity index (χ4v) is 1.54. The second-order valence-electron chi connectivity index (χ2n) is 4.57. The molecule has 0 aliphatic carbocycles. The summed E-state index contributed by atoms with van der Waals surface area (Å²) in [5, 5.41) is 3.13. The van der Waals surface area contributed by atoms with E-state index in [4.69, 9.17) is 16.2 Å². The van der Waals surface area contributed by atoms with Crippen LogP contribution in [0.25, 0.3) is 0 Å². The summed E-state index contributed by atoms with van der Waals surface area (Å²) in [6.07, 6.45) is 3.64. The van der Waals surface area contributed by atoms with Crippen molar-refractivity contribution in [2.75, 3.05) is 24.2 Å². The number of anilines is 2. The molecule has 106 valence electrons. The summed E-state index contributed by atoms with van der Waals surface area (Å²) in [4.78, 5) is 15.2. The van der Waals surface area contributed by atoms with Crippen molar-refractivity contribution in [3.8, 4) is 0 Å². The molecule has 0 saturated carbocycles. The van der Waals surface area contributed by atoms with E-state index < -0.39 is 5.91 Å². The lowest BCUT2D eigenvalue weighted by atomic mass is 10.2. The third-order valence-electron chi connectivity index (χ3n) is 2.53. The molecule has 0 fully saturated rings. The van der Waals surface area contributed by atoms with Crippen molar-refractivity contribution < 1.29 is 9.53 Å². The van der Waals surface area contributed by atoms with Crippen LogP contribution in [-0.2, 0) is 4.74 Å². The molecule has 0 saturated heterocycles. The Morgan fingerprint density at radius 1 is 1.47 bits per heavy atom. The number of rotatable bonds is 8. The molecule has 6 nitrogen and oxygen atoms in total. The van der Waals surface area contributed by atoms with Crippen LogP contribution in [0.15, 0.2) is 12.3 Å². The van der Waals surface area contributed by atoms with Crippen molar-refractivity contribution in [3.05, 3.63) is 17.8 Å². The summed E-state index contributed by atoms with van der Waals surface area (Å²) in [6.45, 7) is 5.54. The molecule has 1 heterocycles. The first kappa shape index (κ1) is 15.2. The number of aromatic nitrogens is 1. The number of nitrogens with zero attached hydrogens (tertiary/aromatic N) is 1. The highest BCUT2D eigenvalue weighted by molar-refractivity contribution is 5.98. The summed E-state index contributed by atoms with van der Waals surface area (Å²) in [5.74, 6) is 0.0565. The SMILES string of the molecule is CC(C)OCCCCNc1cc(C(N)=O)c(N)cn1. The summed E-state index contributed by atoms with van der Waals surface area (Å²) < 4.78 is 5.44. The van der Waals surface area contributed by atoms with E-state index in [1.807, 2.05) is 13.8 Å². The zero-order valence-electron chi connectivity index (χ0n) is 11.5. The predicted molar refractivity (Wildman–Crippen MR) is 76.0 cm³/mol. The summed E-state index contributed by atoms with van der Waals surface area (Å²) in [7, 11) is 0. The van der Waals surface area contributed by atoms with Crippen molar-refractivity contribution in [1.82, 2.24) is 4.98 Å². The van der Waals surface area contributed by atoms with Gasteiger partial charge < -0.3 is 21.5 Å². The largest absolute Gasteiger partial charge is 0.397 e. The van der Waals surface area contributed by atoms with Crippen LogP contribution in [0.4, 0.5) is 11.5 Å². The van der Waals surface area contributed by atoms with Gasteiger partial charge in [-0.15, -0.1) is 0 Å². The Morgan fingerprint density at radius 3 is 2.84 bits per heavy atom. The number of primary amides is 1. The van der Waals surface area contributed by atoms with Crippen molar-refractivity contribution in [2.45, 2.75) is 32.8 Å². The maximum absolute atomic E-state index is 11.1. The fraction of sp³-hybridized carbons (Fsp3) is 0.538. The first-order chi connectivity index (χ1) is 9.00. The van der Waals surface area contributed by atoms with Crippen LogP contribution in [0.5, 0.6) is 0 Å². The van der Waals surface area contributed by atoms with Gasteiger partial charge in [0.15, 0.2) is 0 Å². The Balaban J connectivity index is 2.34. The highest BCUT2D eigenvalue weighted by Crippen LogP contribution is 2.14. The van der Waals surface area contributed by atoms with Gasteiger partial charge in [0.1, 0.15) is 5.82 Å². The van der Waals surface area contributed by atoms with Gasteiger partial charge in [0.25, 0.3) is 5.91 Å². The van der Waals surface area contributed by atoms with Crippen molar-refractivity contribution in [1.29, 1.82) is 0 Å². The Hall–Kier alpha value is -1.82. The molecule has 0 unspecified atom stereocenters. The molecule has 0 aromatic carbocycles. The zero-order valence-corrected chi connectivity index (χ0v) is 11.5. The van der Waals surface area contributed by atoms with Crippen LogP contribution in [-0.4, -0.2) is 30.1 Å². The molecule has 0 radical (unpaired) electrons. The van der Waals surface area contributed by atoms with Gasteiger partial charge in [-0.3, -0.25) is 4.79 Å². The Labute approximate surface area is 113 Å². The van der Waals surface area contributed by atoms with Crippen LogP contribution >= 0.6 is 0 Å². The second kappa shape index (κ2) is 7.58. The lowest BCUT2D eigenvalue weighted by Gasteiger charge is -2.09. The molecule has 0 aliphatic rings. The number of carbonyl (C=O) groups is 1. The van der Waals surface area contributed by atoms with Crippen LogP contribution < -0.4 is 16.8 Å². The molecular formula is C13H22N4O2. The number of hydrogen-bond donors (Lipinski definition) is 3. The molecule has 19 heavy (non-hydrogen) atoms. The van der Waals surface area contributed by atoms with Gasteiger partial charge in [-0.05, 0) is 32.8 Å². The minimum Gasteiger partial charge on any atom is -0.397 e. The van der Waals surface area contributed by atoms with E-state index in [1.165, 1.54) is 6.20 Å². The standard InChI is InChI=1S/C13H22N4O2/c1-9(2)19-6-4-3-5-16-12-7-10(13(15)18)11(14)8-17-12/h7-9H,3-6,14H2,1-2H3,(H2,15,18)(H,16,17). The van der Waals surface area contributed by atoms with E-state index in [2.05, 4.69) is 10.3 Å². The quantitative estimate of drug-likeness (QED) is 0.617. The second-order valence-corrected chi connectivity index (χ2v) is 4.57. The van der Waals surface area contributed by atoms with E-state index in [0.717, 1.165) is 26.0 Å². The smallest absolute Gasteiger partial charge is 0.250 e. The molecule has 5 N–H and O–H groups in total. The van der Waals surface area contributed by atoms with Crippen LogP contribution in [0, 0.1) is 0 Å². The maximum Gasteiger partial charge on any atom is 0.250 e. The Bertz CT molecular complexity index is 421. The molecule has 0 atom stereocenters. The molecule has 0 spiro atoms. The Morgan fingerprint density at radius 2 is 2.21 bits per heavy atom. The lowest BCUT2D eigenvalue weighted by Crippen LogP contribution is -2.15. The zero-order chi connectivity index (χ0) is 14.3. The monoisotopic (exact) mass is 266 g/mol. The van der Waals surface area contributed by atoms with E-state index in [1.54, 1.807) is 6.07 Å². The van der Waals surface area contributed by atoms with Gasteiger partial charge in [0, 0.05) is 13.2 Å². The molecule has 0 aliphatic heterocycles. The average Bonchev–Trinajstić information content (AvgIpc) is 2.34. The molecule has 1 aromatic heterocycles. The minimum atomic E-state index is -0.548. The molecule has 6 heteroatoms. The molecular weight excluding hydrogens is 244 g/mol. The van der Waals surface area contributed by atoms with Crippen LogP contribution in [0.3, 0.4) is 0 Å². The number of amides is 1. The van der Waals surface area contributed by atoms with Crippen LogP contribution in [0.2, 0.25) is 0 Å². The molecule has 1 amide bonds. The van der Waals surface area contributed by atoms with Gasteiger partial charge in [0.2, 0.25) is 0 Å². The highest BCUT2D eigenvalue weighted by Gasteiger charge is 2.07. The Kier molecular flexibility index (Phi) is 6.08. The third kappa shape index (κ3) is 5.56. The van der Waals surface area contributed by atoms with E-state index >= 15 is 0 Å². The summed E-state index contributed by atoms with van der Waals surface area (Å²) >= 11 is 0. The van der Waals surface area contributed by atoms with E-state index in [-0.39, 0.29) is 6.10 Å². The predicted octanol–water partition coefficient (Wildman–Crippen LogP) is 1.38.